The van der Waals surface area contributed by atoms with Crippen molar-refractivity contribution in [1.82, 2.24) is 4.57 Å². The Morgan fingerprint density at radius 1 is 1.35 bits per heavy atom. The molecule has 3 heteroatoms. The molecule has 0 N–H and O–H groups in total. The van der Waals surface area contributed by atoms with Gasteiger partial charge in [0.25, 0.3) is 0 Å². The zero-order valence-electron chi connectivity index (χ0n) is 10.5. The van der Waals surface area contributed by atoms with Gasteiger partial charge in [-0.25, -0.2) is 0 Å². The second kappa shape index (κ2) is 5.49. The molecule has 1 aromatic carbocycles. The van der Waals surface area contributed by atoms with Crippen LogP contribution in [-0.2, 0) is 12.3 Å². The summed E-state index contributed by atoms with van der Waals surface area (Å²) in [6.07, 6.45) is 2.30. The van der Waals surface area contributed by atoms with Gasteiger partial charge in [0.2, 0.25) is 0 Å². The Kier molecular flexibility index (Phi) is 4.21. The Balaban J connectivity index is 2.46. The van der Waals surface area contributed by atoms with Crippen molar-refractivity contribution in [1.29, 1.82) is 0 Å². The lowest BCUT2D eigenvalue weighted by molar-refractivity contribution is 0.793. The van der Waals surface area contributed by atoms with Crippen molar-refractivity contribution >= 4 is 38.6 Å². The summed E-state index contributed by atoms with van der Waals surface area (Å²) < 4.78 is 3.52. The molecule has 2 rings (SSSR count). The Hall–Kier alpha value is -0.410. The van der Waals surface area contributed by atoms with Gasteiger partial charge in [-0.15, -0.1) is 0 Å². The zero-order valence-corrected chi connectivity index (χ0v) is 12.9. The van der Waals surface area contributed by atoms with Crippen molar-refractivity contribution in [2.75, 3.05) is 0 Å². The maximum absolute atomic E-state index is 3.65. The largest absolute Gasteiger partial charge is 0.347 e. The molecule has 0 atom stereocenters. The third-order valence-corrected chi connectivity index (χ3v) is 4.63. The molecule has 0 amide bonds. The van der Waals surface area contributed by atoms with Crippen LogP contribution in [0.15, 0.2) is 28.9 Å². The third kappa shape index (κ3) is 2.71. The minimum Gasteiger partial charge on any atom is -0.347 e. The molecule has 0 fully saturated rings. The minimum atomic E-state index is 0.683. The van der Waals surface area contributed by atoms with E-state index in [1.54, 1.807) is 0 Å². The molecule has 0 spiro atoms. The standard InChI is InChI=1S/C14H18BrNS/c1-4-16-8-11(9-17-10(2)3)12-6-5-7-13(15)14(12)16/h5-8,10H,4,9H2,1-3H3. The van der Waals surface area contributed by atoms with Crippen LogP contribution >= 0.6 is 27.7 Å². The van der Waals surface area contributed by atoms with E-state index in [-0.39, 0.29) is 0 Å². The Morgan fingerprint density at radius 2 is 2.12 bits per heavy atom. The van der Waals surface area contributed by atoms with Gasteiger partial charge in [0.05, 0.1) is 5.52 Å². The van der Waals surface area contributed by atoms with E-state index in [4.69, 9.17) is 0 Å². The molecule has 1 nitrogen and oxygen atoms in total. The maximum Gasteiger partial charge on any atom is 0.0627 e. The predicted molar refractivity (Wildman–Crippen MR) is 81.7 cm³/mol. The zero-order chi connectivity index (χ0) is 12.4. The molecule has 2 aromatic rings. The van der Waals surface area contributed by atoms with Gasteiger partial charge in [0, 0.05) is 28.4 Å². The van der Waals surface area contributed by atoms with Gasteiger partial charge in [-0.2, -0.15) is 11.8 Å². The van der Waals surface area contributed by atoms with Crippen molar-refractivity contribution < 1.29 is 0 Å². The molecule has 0 bridgehead atoms. The van der Waals surface area contributed by atoms with Gasteiger partial charge in [-0.1, -0.05) is 26.0 Å². The Labute approximate surface area is 116 Å². The lowest BCUT2D eigenvalue weighted by atomic mass is 10.2. The highest BCUT2D eigenvalue weighted by molar-refractivity contribution is 9.10. The van der Waals surface area contributed by atoms with E-state index < -0.39 is 0 Å². The first kappa shape index (κ1) is 13.0. The first-order chi connectivity index (χ1) is 8.13. The number of hydrogen-bond donors (Lipinski definition) is 0. The highest BCUT2D eigenvalue weighted by Gasteiger charge is 2.10. The molecule has 17 heavy (non-hydrogen) atoms. The van der Waals surface area contributed by atoms with E-state index in [9.17, 15) is 0 Å². The van der Waals surface area contributed by atoms with Crippen LogP contribution in [0.3, 0.4) is 0 Å². The van der Waals surface area contributed by atoms with E-state index in [2.05, 4.69) is 65.7 Å². The van der Waals surface area contributed by atoms with Gasteiger partial charge in [-0.05, 0) is 39.7 Å². The molecule has 1 heterocycles. The summed E-state index contributed by atoms with van der Waals surface area (Å²) in [5.74, 6) is 1.09. The summed E-state index contributed by atoms with van der Waals surface area (Å²) in [7, 11) is 0. The van der Waals surface area contributed by atoms with E-state index in [0.717, 1.165) is 12.3 Å². The molecule has 92 valence electrons. The molecule has 0 unspecified atom stereocenters. The van der Waals surface area contributed by atoms with Crippen LogP contribution in [-0.4, -0.2) is 9.82 Å². The summed E-state index contributed by atoms with van der Waals surface area (Å²) in [5.41, 5.74) is 2.77. The molecule has 0 aliphatic heterocycles. The molecular formula is C14H18BrNS. The molecular weight excluding hydrogens is 294 g/mol. The number of hydrogen-bond acceptors (Lipinski definition) is 1. The van der Waals surface area contributed by atoms with Crippen LogP contribution in [0, 0.1) is 0 Å². The SMILES string of the molecule is CCn1cc(CSC(C)C)c2cccc(Br)c21. The highest BCUT2D eigenvalue weighted by atomic mass is 79.9. The fraction of sp³-hybridized carbons (Fsp3) is 0.429. The van der Waals surface area contributed by atoms with Crippen LogP contribution < -0.4 is 0 Å². The maximum atomic E-state index is 3.65. The van der Waals surface area contributed by atoms with Gasteiger partial charge >= 0.3 is 0 Å². The van der Waals surface area contributed by atoms with Gasteiger partial charge < -0.3 is 4.57 Å². The van der Waals surface area contributed by atoms with Gasteiger partial charge in [0.15, 0.2) is 0 Å². The van der Waals surface area contributed by atoms with Crippen LogP contribution in [0.1, 0.15) is 26.3 Å². The van der Waals surface area contributed by atoms with Crippen molar-refractivity contribution in [3.8, 4) is 0 Å². The predicted octanol–water partition coefficient (Wildman–Crippen LogP) is 5.07. The molecule has 0 aliphatic carbocycles. The average molecular weight is 312 g/mol. The first-order valence-electron chi connectivity index (χ1n) is 6.01. The van der Waals surface area contributed by atoms with E-state index in [1.165, 1.54) is 20.9 Å². The number of halogens is 1. The van der Waals surface area contributed by atoms with Crippen molar-refractivity contribution in [3.63, 3.8) is 0 Å². The number of benzene rings is 1. The van der Waals surface area contributed by atoms with E-state index >= 15 is 0 Å². The monoisotopic (exact) mass is 311 g/mol. The average Bonchev–Trinajstić information content (AvgIpc) is 2.66. The molecule has 1 aromatic heterocycles. The molecule has 0 radical (unpaired) electrons. The lowest BCUT2D eigenvalue weighted by Crippen LogP contribution is -1.91. The van der Waals surface area contributed by atoms with Crippen LogP contribution in [0.5, 0.6) is 0 Å². The molecule has 0 saturated heterocycles. The number of nitrogens with zero attached hydrogens (tertiary/aromatic N) is 1. The summed E-state index contributed by atoms with van der Waals surface area (Å²) in [6, 6.07) is 6.46. The fourth-order valence-corrected chi connectivity index (χ4v) is 3.35. The number of aryl methyl sites for hydroxylation is 1. The first-order valence-corrected chi connectivity index (χ1v) is 7.85. The molecule has 0 saturated carbocycles. The van der Waals surface area contributed by atoms with Crippen molar-refractivity contribution in [2.24, 2.45) is 0 Å². The third-order valence-electron chi connectivity index (χ3n) is 2.84. The van der Waals surface area contributed by atoms with Gasteiger partial charge in [0.1, 0.15) is 0 Å². The van der Waals surface area contributed by atoms with E-state index in [1.807, 2.05) is 11.8 Å². The Bertz CT molecular complexity index is 516. The number of rotatable bonds is 4. The summed E-state index contributed by atoms with van der Waals surface area (Å²) >= 11 is 5.65. The summed E-state index contributed by atoms with van der Waals surface area (Å²) in [4.78, 5) is 0. The van der Waals surface area contributed by atoms with Crippen LogP contribution in [0.25, 0.3) is 10.9 Å². The number of fused-ring (bicyclic) bond motifs is 1. The van der Waals surface area contributed by atoms with Crippen molar-refractivity contribution in [2.45, 2.75) is 38.3 Å². The molecule has 0 aliphatic rings. The smallest absolute Gasteiger partial charge is 0.0627 e. The normalized spacial score (nSPS) is 11.6. The van der Waals surface area contributed by atoms with Crippen LogP contribution in [0.4, 0.5) is 0 Å². The fourth-order valence-electron chi connectivity index (χ4n) is 2.01. The van der Waals surface area contributed by atoms with Crippen LogP contribution in [0.2, 0.25) is 0 Å². The van der Waals surface area contributed by atoms with Gasteiger partial charge in [-0.3, -0.25) is 0 Å². The summed E-state index contributed by atoms with van der Waals surface area (Å²) in [5, 5.41) is 2.07. The Morgan fingerprint density at radius 3 is 2.76 bits per heavy atom. The number of thioether (sulfide) groups is 1. The highest BCUT2D eigenvalue weighted by Crippen LogP contribution is 2.31. The number of aromatic nitrogens is 1. The topological polar surface area (TPSA) is 4.93 Å². The van der Waals surface area contributed by atoms with E-state index in [0.29, 0.717) is 5.25 Å². The minimum absolute atomic E-state index is 0.683. The second-order valence-corrected chi connectivity index (χ2v) is 6.86. The van der Waals surface area contributed by atoms with Crippen molar-refractivity contribution in [3.05, 3.63) is 34.4 Å². The quantitative estimate of drug-likeness (QED) is 0.763. The second-order valence-electron chi connectivity index (χ2n) is 4.44. The lowest BCUT2D eigenvalue weighted by Gasteiger charge is -2.03. The summed E-state index contributed by atoms with van der Waals surface area (Å²) in [6.45, 7) is 7.71. The number of para-hydroxylation sites is 1.